The van der Waals surface area contributed by atoms with E-state index < -0.39 is 5.41 Å². The van der Waals surface area contributed by atoms with Gasteiger partial charge in [0, 0.05) is 16.3 Å². The van der Waals surface area contributed by atoms with Gasteiger partial charge in [0.05, 0.1) is 12.5 Å². The standard InChI is InChI=1S/C14H17BrO3/c1-8(15)11-9-6-5-7-10(17-4)12(9)18-13(16)14(11,2)3/h5-8,11H,1-4H3/t8-,11?/m1/s1. The van der Waals surface area contributed by atoms with E-state index in [0.717, 1.165) is 5.56 Å². The normalized spacial score (nSPS) is 22.9. The molecule has 1 heterocycles. The summed E-state index contributed by atoms with van der Waals surface area (Å²) in [7, 11) is 1.58. The number of alkyl halides is 1. The molecule has 4 heteroatoms. The Morgan fingerprint density at radius 3 is 2.67 bits per heavy atom. The fourth-order valence-corrected chi connectivity index (χ4v) is 3.55. The van der Waals surface area contributed by atoms with Gasteiger partial charge in [0.1, 0.15) is 0 Å². The minimum absolute atomic E-state index is 0.0591. The number of fused-ring (bicyclic) bond motifs is 1. The number of esters is 1. The molecule has 0 aliphatic carbocycles. The van der Waals surface area contributed by atoms with E-state index in [0.29, 0.717) is 11.5 Å². The van der Waals surface area contributed by atoms with Crippen LogP contribution in [0.25, 0.3) is 0 Å². The van der Waals surface area contributed by atoms with Gasteiger partial charge in [-0.2, -0.15) is 0 Å². The first kappa shape index (κ1) is 13.4. The van der Waals surface area contributed by atoms with Crippen LogP contribution in [0.2, 0.25) is 0 Å². The number of carbonyl (C=O) groups excluding carboxylic acids is 1. The molecule has 0 bridgehead atoms. The Balaban J connectivity index is 2.64. The largest absolute Gasteiger partial charge is 0.493 e. The lowest BCUT2D eigenvalue weighted by molar-refractivity contribution is -0.147. The van der Waals surface area contributed by atoms with Crippen molar-refractivity contribution in [1.82, 2.24) is 0 Å². The number of hydrogen-bond acceptors (Lipinski definition) is 3. The molecule has 0 spiro atoms. The summed E-state index contributed by atoms with van der Waals surface area (Å²) in [5.41, 5.74) is 0.464. The van der Waals surface area contributed by atoms with Gasteiger partial charge >= 0.3 is 5.97 Å². The van der Waals surface area contributed by atoms with Gasteiger partial charge in [-0.3, -0.25) is 4.79 Å². The van der Waals surface area contributed by atoms with Crippen molar-refractivity contribution in [3.63, 3.8) is 0 Å². The summed E-state index contributed by atoms with van der Waals surface area (Å²) in [6, 6.07) is 5.73. The zero-order valence-corrected chi connectivity index (χ0v) is 12.6. The van der Waals surface area contributed by atoms with Crippen LogP contribution in [0.3, 0.4) is 0 Å². The second-order valence-corrected chi connectivity index (χ2v) is 6.59. The first-order chi connectivity index (χ1) is 8.39. The van der Waals surface area contributed by atoms with Crippen LogP contribution in [0.5, 0.6) is 11.5 Å². The molecule has 0 amide bonds. The van der Waals surface area contributed by atoms with E-state index in [4.69, 9.17) is 9.47 Å². The van der Waals surface area contributed by atoms with Crippen LogP contribution in [-0.2, 0) is 4.79 Å². The summed E-state index contributed by atoms with van der Waals surface area (Å²) in [5, 5.41) is 0. The highest BCUT2D eigenvalue weighted by molar-refractivity contribution is 9.09. The third-order valence-electron chi connectivity index (χ3n) is 3.52. The topological polar surface area (TPSA) is 35.5 Å². The average Bonchev–Trinajstić information content (AvgIpc) is 2.29. The van der Waals surface area contributed by atoms with Crippen molar-refractivity contribution < 1.29 is 14.3 Å². The quantitative estimate of drug-likeness (QED) is 0.476. The number of benzene rings is 1. The van der Waals surface area contributed by atoms with E-state index in [1.54, 1.807) is 13.2 Å². The van der Waals surface area contributed by atoms with Crippen LogP contribution in [0.1, 0.15) is 32.3 Å². The van der Waals surface area contributed by atoms with Gasteiger partial charge in [0.2, 0.25) is 0 Å². The van der Waals surface area contributed by atoms with Crippen LogP contribution < -0.4 is 9.47 Å². The molecule has 1 aromatic carbocycles. The van der Waals surface area contributed by atoms with E-state index in [9.17, 15) is 4.79 Å². The minimum Gasteiger partial charge on any atom is -0.493 e. The van der Waals surface area contributed by atoms with Crippen molar-refractivity contribution in [2.75, 3.05) is 7.11 Å². The predicted molar refractivity (Wildman–Crippen MR) is 73.5 cm³/mol. The smallest absolute Gasteiger partial charge is 0.317 e. The second-order valence-electron chi connectivity index (χ2n) is 5.15. The fourth-order valence-electron chi connectivity index (χ4n) is 2.61. The number of hydrogen-bond donors (Lipinski definition) is 0. The lowest BCUT2D eigenvalue weighted by atomic mass is 9.71. The Labute approximate surface area is 116 Å². The summed E-state index contributed by atoms with van der Waals surface area (Å²) in [5.74, 6) is 1.01. The SMILES string of the molecule is COc1cccc2c1OC(=O)C(C)(C)C2[C@@H](C)Br. The highest BCUT2D eigenvalue weighted by Gasteiger charge is 2.47. The van der Waals surface area contributed by atoms with Gasteiger partial charge < -0.3 is 9.47 Å². The number of ether oxygens (including phenoxy) is 2. The molecule has 1 aromatic rings. The summed E-state index contributed by atoms with van der Waals surface area (Å²) >= 11 is 3.61. The minimum atomic E-state index is -0.553. The molecule has 2 atom stereocenters. The molecule has 2 rings (SSSR count). The number of para-hydroxylation sites is 1. The van der Waals surface area contributed by atoms with E-state index in [2.05, 4.69) is 15.9 Å². The van der Waals surface area contributed by atoms with Gasteiger partial charge in [-0.1, -0.05) is 35.0 Å². The van der Waals surface area contributed by atoms with Crippen molar-refractivity contribution in [2.24, 2.45) is 5.41 Å². The predicted octanol–water partition coefficient (Wildman–Crippen LogP) is 3.51. The van der Waals surface area contributed by atoms with Crippen LogP contribution >= 0.6 is 15.9 Å². The molecule has 1 aliphatic rings. The third kappa shape index (κ3) is 1.92. The number of carbonyl (C=O) groups is 1. The fraction of sp³-hybridized carbons (Fsp3) is 0.500. The van der Waals surface area contributed by atoms with Gasteiger partial charge in [-0.05, 0) is 19.9 Å². The van der Waals surface area contributed by atoms with Crippen LogP contribution in [0, 0.1) is 5.41 Å². The number of methoxy groups -OCH3 is 1. The maximum Gasteiger partial charge on any atom is 0.317 e. The van der Waals surface area contributed by atoms with Crippen molar-refractivity contribution in [1.29, 1.82) is 0 Å². The highest BCUT2D eigenvalue weighted by Crippen LogP contribution is 2.51. The molecule has 1 aliphatic heterocycles. The van der Waals surface area contributed by atoms with E-state index >= 15 is 0 Å². The molecule has 1 unspecified atom stereocenters. The average molecular weight is 313 g/mol. The van der Waals surface area contributed by atoms with Crippen molar-refractivity contribution in [3.05, 3.63) is 23.8 Å². The molecule has 0 aromatic heterocycles. The summed E-state index contributed by atoms with van der Waals surface area (Å²) in [4.78, 5) is 12.3. The Hall–Kier alpha value is -1.03. The Morgan fingerprint density at radius 1 is 1.44 bits per heavy atom. The maximum atomic E-state index is 12.2. The van der Waals surface area contributed by atoms with Crippen molar-refractivity contribution >= 4 is 21.9 Å². The van der Waals surface area contributed by atoms with Crippen molar-refractivity contribution in [2.45, 2.75) is 31.5 Å². The molecule has 3 nitrogen and oxygen atoms in total. The van der Waals surface area contributed by atoms with E-state index in [-0.39, 0.29) is 16.7 Å². The Morgan fingerprint density at radius 2 is 2.11 bits per heavy atom. The number of rotatable bonds is 2. The first-order valence-electron chi connectivity index (χ1n) is 5.93. The van der Waals surface area contributed by atoms with E-state index in [1.165, 1.54) is 0 Å². The van der Waals surface area contributed by atoms with Gasteiger partial charge in [-0.15, -0.1) is 0 Å². The van der Waals surface area contributed by atoms with Gasteiger partial charge in [-0.25, -0.2) is 0 Å². The van der Waals surface area contributed by atoms with Crippen LogP contribution in [0.4, 0.5) is 0 Å². The summed E-state index contributed by atoms with van der Waals surface area (Å²) < 4.78 is 10.7. The molecule has 0 saturated heterocycles. The molecule has 0 fully saturated rings. The number of halogens is 1. The molecule has 18 heavy (non-hydrogen) atoms. The van der Waals surface area contributed by atoms with E-state index in [1.807, 2.05) is 32.9 Å². The molecule has 0 radical (unpaired) electrons. The Kier molecular flexibility index (Phi) is 3.41. The van der Waals surface area contributed by atoms with Crippen LogP contribution in [-0.4, -0.2) is 17.9 Å². The lowest BCUT2D eigenvalue weighted by Crippen LogP contribution is -2.42. The van der Waals surface area contributed by atoms with Crippen LogP contribution in [0.15, 0.2) is 18.2 Å². The van der Waals surface area contributed by atoms with Gasteiger partial charge in [0.25, 0.3) is 0 Å². The first-order valence-corrected chi connectivity index (χ1v) is 6.84. The summed E-state index contributed by atoms with van der Waals surface area (Å²) in [6.07, 6.45) is 0. The molecule has 0 saturated carbocycles. The molecular weight excluding hydrogens is 296 g/mol. The monoisotopic (exact) mass is 312 g/mol. The molecular formula is C14H17BrO3. The third-order valence-corrected chi connectivity index (χ3v) is 4.05. The molecule has 0 N–H and O–H groups in total. The zero-order valence-electron chi connectivity index (χ0n) is 11.0. The molecule has 98 valence electrons. The zero-order chi connectivity index (χ0) is 13.5. The Bertz CT molecular complexity index is 480. The summed E-state index contributed by atoms with van der Waals surface area (Å²) in [6.45, 7) is 5.88. The highest BCUT2D eigenvalue weighted by atomic mass is 79.9. The lowest BCUT2D eigenvalue weighted by Gasteiger charge is -2.39. The van der Waals surface area contributed by atoms with Gasteiger partial charge in [0.15, 0.2) is 11.5 Å². The maximum absolute atomic E-state index is 12.2. The van der Waals surface area contributed by atoms with Crippen molar-refractivity contribution in [3.8, 4) is 11.5 Å². The second kappa shape index (κ2) is 4.57.